The SMILES string of the molecule is CC(C)CNCCCNCCCNCc1cccc(CNCCCNCCCNCC(C)C)c1.Cl. The van der Waals surface area contributed by atoms with Gasteiger partial charge < -0.3 is 31.9 Å². The first-order valence-electron chi connectivity index (χ1n) is 13.9. The summed E-state index contributed by atoms with van der Waals surface area (Å²) in [6.07, 6.45) is 4.74. The van der Waals surface area contributed by atoms with E-state index < -0.39 is 0 Å². The molecule has 6 nitrogen and oxygen atoms in total. The summed E-state index contributed by atoms with van der Waals surface area (Å²) in [5.41, 5.74) is 2.74. The summed E-state index contributed by atoms with van der Waals surface area (Å²) < 4.78 is 0. The lowest BCUT2D eigenvalue weighted by Gasteiger charge is -2.10. The van der Waals surface area contributed by atoms with Crippen molar-refractivity contribution in [2.24, 2.45) is 11.8 Å². The molecule has 0 radical (unpaired) electrons. The van der Waals surface area contributed by atoms with E-state index in [4.69, 9.17) is 0 Å². The standard InChI is InChI=1S/C28H56N6.ClH/c1-25(2)21-31-16-6-12-29-14-8-18-33-23-27-10-5-11-28(20-27)24-34-19-9-15-30-13-7-17-32-22-26(3)4;/h5,10-11,20,25-26,29-34H,6-9,12-19,21-24H2,1-4H3;1H. The molecule has 0 aliphatic heterocycles. The Morgan fingerprint density at radius 3 is 1.23 bits per heavy atom. The number of halogens is 1. The minimum absolute atomic E-state index is 0. The van der Waals surface area contributed by atoms with Crippen LogP contribution in [0.5, 0.6) is 0 Å². The Bertz CT molecular complexity index is 525. The molecule has 7 heteroatoms. The monoisotopic (exact) mass is 512 g/mol. The van der Waals surface area contributed by atoms with E-state index in [1.54, 1.807) is 0 Å². The van der Waals surface area contributed by atoms with Gasteiger partial charge >= 0.3 is 0 Å². The molecule has 0 aliphatic carbocycles. The molecular formula is C28H57ClN6. The zero-order valence-electron chi connectivity index (χ0n) is 23.2. The van der Waals surface area contributed by atoms with Crippen LogP contribution in [0.1, 0.15) is 64.5 Å². The lowest BCUT2D eigenvalue weighted by molar-refractivity contribution is 0.524. The molecule has 0 heterocycles. The molecule has 1 aromatic carbocycles. The molecule has 6 N–H and O–H groups in total. The first kappa shape index (κ1) is 34.3. The number of benzene rings is 1. The van der Waals surface area contributed by atoms with E-state index in [1.807, 2.05) is 0 Å². The topological polar surface area (TPSA) is 72.2 Å². The van der Waals surface area contributed by atoms with Crippen LogP contribution in [0, 0.1) is 11.8 Å². The van der Waals surface area contributed by atoms with Gasteiger partial charge in [0.1, 0.15) is 0 Å². The van der Waals surface area contributed by atoms with Gasteiger partial charge in [-0.3, -0.25) is 0 Å². The zero-order valence-corrected chi connectivity index (χ0v) is 24.0. The second kappa shape index (κ2) is 24.9. The lowest BCUT2D eigenvalue weighted by Crippen LogP contribution is -2.26. The Hall–Kier alpha value is -0.730. The first-order chi connectivity index (χ1) is 16.6. The highest BCUT2D eigenvalue weighted by atomic mass is 35.5. The van der Waals surface area contributed by atoms with Crippen molar-refractivity contribution >= 4 is 12.4 Å². The van der Waals surface area contributed by atoms with Gasteiger partial charge in [-0.15, -0.1) is 12.4 Å². The van der Waals surface area contributed by atoms with Crippen molar-refractivity contribution in [3.63, 3.8) is 0 Å². The normalized spacial score (nSPS) is 11.4. The summed E-state index contributed by atoms with van der Waals surface area (Å²) in [6.45, 7) is 21.9. The van der Waals surface area contributed by atoms with Gasteiger partial charge in [0.15, 0.2) is 0 Å². The van der Waals surface area contributed by atoms with Gasteiger partial charge in [0.25, 0.3) is 0 Å². The van der Waals surface area contributed by atoms with Crippen molar-refractivity contribution < 1.29 is 0 Å². The fraction of sp³-hybridized carbons (Fsp3) is 0.786. The third-order valence-electron chi connectivity index (χ3n) is 5.58. The molecular weight excluding hydrogens is 456 g/mol. The molecule has 0 atom stereocenters. The minimum atomic E-state index is 0. The summed E-state index contributed by atoms with van der Waals surface area (Å²) >= 11 is 0. The van der Waals surface area contributed by atoms with Crippen molar-refractivity contribution in [1.29, 1.82) is 0 Å². The molecule has 0 unspecified atom stereocenters. The van der Waals surface area contributed by atoms with E-state index in [-0.39, 0.29) is 12.4 Å². The smallest absolute Gasteiger partial charge is 0.0205 e. The van der Waals surface area contributed by atoms with Gasteiger partial charge in [0.05, 0.1) is 0 Å². The number of nitrogens with one attached hydrogen (secondary N) is 6. The Balaban J connectivity index is 0.0000116. The van der Waals surface area contributed by atoms with Gasteiger partial charge in [-0.2, -0.15) is 0 Å². The number of hydrogen-bond acceptors (Lipinski definition) is 6. The number of rotatable bonds is 24. The van der Waals surface area contributed by atoms with Crippen molar-refractivity contribution in [2.45, 2.75) is 66.5 Å². The van der Waals surface area contributed by atoms with E-state index >= 15 is 0 Å². The maximum Gasteiger partial charge on any atom is 0.0205 e. The molecule has 0 saturated heterocycles. The van der Waals surface area contributed by atoms with Crippen LogP contribution in [0.15, 0.2) is 24.3 Å². The van der Waals surface area contributed by atoms with E-state index in [0.717, 1.165) is 90.4 Å². The third-order valence-corrected chi connectivity index (χ3v) is 5.58. The number of hydrogen-bond donors (Lipinski definition) is 6. The summed E-state index contributed by atoms with van der Waals surface area (Å²) in [5.74, 6) is 1.47. The predicted molar refractivity (Wildman–Crippen MR) is 157 cm³/mol. The van der Waals surface area contributed by atoms with E-state index in [1.165, 1.54) is 36.8 Å². The fourth-order valence-corrected chi connectivity index (χ4v) is 3.70. The average molecular weight is 513 g/mol. The Morgan fingerprint density at radius 2 is 0.857 bits per heavy atom. The summed E-state index contributed by atoms with van der Waals surface area (Å²) in [6, 6.07) is 8.94. The highest BCUT2D eigenvalue weighted by Gasteiger charge is 1.98. The van der Waals surface area contributed by atoms with E-state index in [0.29, 0.717) is 0 Å². The summed E-state index contributed by atoms with van der Waals surface area (Å²) in [7, 11) is 0. The molecule has 0 aliphatic rings. The van der Waals surface area contributed by atoms with Crippen LogP contribution < -0.4 is 31.9 Å². The Morgan fingerprint density at radius 1 is 0.514 bits per heavy atom. The van der Waals surface area contributed by atoms with Gasteiger partial charge in [0.2, 0.25) is 0 Å². The molecule has 1 aromatic rings. The molecule has 0 saturated carbocycles. The third kappa shape index (κ3) is 23.4. The van der Waals surface area contributed by atoms with Gasteiger partial charge in [-0.1, -0.05) is 52.0 Å². The van der Waals surface area contributed by atoms with Crippen LogP contribution in [0.25, 0.3) is 0 Å². The lowest BCUT2D eigenvalue weighted by atomic mass is 10.1. The maximum absolute atomic E-state index is 3.58. The molecule has 35 heavy (non-hydrogen) atoms. The largest absolute Gasteiger partial charge is 0.317 e. The fourth-order valence-electron chi connectivity index (χ4n) is 3.70. The molecule has 0 aromatic heterocycles. The molecule has 0 amide bonds. The Kier molecular flexibility index (Phi) is 24.4. The van der Waals surface area contributed by atoms with E-state index in [9.17, 15) is 0 Å². The van der Waals surface area contributed by atoms with E-state index in [2.05, 4.69) is 83.9 Å². The molecule has 0 fully saturated rings. The van der Waals surface area contributed by atoms with Crippen LogP contribution in [0.3, 0.4) is 0 Å². The summed E-state index contributed by atoms with van der Waals surface area (Å²) in [5, 5.41) is 21.2. The van der Waals surface area contributed by atoms with Crippen molar-refractivity contribution in [1.82, 2.24) is 31.9 Å². The van der Waals surface area contributed by atoms with Gasteiger partial charge in [0, 0.05) is 13.1 Å². The maximum atomic E-state index is 3.58. The van der Waals surface area contributed by atoms with Crippen LogP contribution in [-0.2, 0) is 13.1 Å². The average Bonchev–Trinajstić information content (AvgIpc) is 2.81. The Labute approximate surface area is 223 Å². The van der Waals surface area contributed by atoms with Crippen LogP contribution in [-0.4, -0.2) is 65.4 Å². The van der Waals surface area contributed by atoms with Crippen LogP contribution in [0.4, 0.5) is 0 Å². The van der Waals surface area contributed by atoms with Crippen molar-refractivity contribution in [3.8, 4) is 0 Å². The quantitative estimate of drug-likeness (QED) is 0.119. The second-order valence-corrected chi connectivity index (χ2v) is 10.3. The van der Waals surface area contributed by atoms with Gasteiger partial charge in [-0.25, -0.2) is 0 Å². The predicted octanol–water partition coefficient (Wildman–Crippen LogP) is 3.52. The molecule has 1 rings (SSSR count). The highest BCUT2D eigenvalue weighted by Crippen LogP contribution is 2.05. The highest BCUT2D eigenvalue weighted by molar-refractivity contribution is 5.85. The van der Waals surface area contributed by atoms with Crippen molar-refractivity contribution in [2.75, 3.05) is 65.4 Å². The summed E-state index contributed by atoms with van der Waals surface area (Å²) in [4.78, 5) is 0. The van der Waals surface area contributed by atoms with Crippen LogP contribution >= 0.6 is 12.4 Å². The van der Waals surface area contributed by atoms with Gasteiger partial charge in [-0.05, 0) is 114 Å². The molecule has 0 spiro atoms. The zero-order chi connectivity index (χ0) is 24.7. The first-order valence-corrected chi connectivity index (χ1v) is 13.9. The van der Waals surface area contributed by atoms with Crippen molar-refractivity contribution in [3.05, 3.63) is 35.4 Å². The molecule has 206 valence electrons. The molecule has 0 bridgehead atoms. The second-order valence-electron chi connectivity index (χ2n) is 10.3. The van der Waals surface area contributed by atoms with Crippen LogP contribution in [0.2, 0.25) is 0 Å². The minimum Gasteiger partial charge on any atom is -0.317 e.